The molecule has 0 aliphatic carbocycles. The third kappa shape index (κ3) is 2.22. The predicted octanol–water partition coefficient (Wildman–Crippen LogP) is 2.30. The third-order valence-electron chi connectivity index (χ3n) is 2.91. The fourth-order valence-electron chi connectivity index (χ4n) is 1.75. The van der Waals surface area contributed by atoms with E-state index in [9.17, 15) is 9.50 Å². The van der Waals surface area contributed by atoms with Crippen molar-refractivity contribution in [3.05, 3.63) is 53.6 Å². The fourth-order valence-corrected chi connectivity index (χ4v) is 1.75. The molecule has 0 aliphatic rings. The van der Waals surface area contributed by atoms with E-state index in [0.717, 1.165) is 6.54 Å². The van der Waals surface area contributed by atoms with E-state index in [-0.39, 0.29) is 5.82 Å². The molecule has 1 N–H and O–H groups in total. The van der Waals surface area contributed by atoms with Gasteiger partial charge in [0.1, 0.15) is 11.4 Å². The SMILES string of the molecule is CCn1cc(C(C)(O)c2cccc(F)c2)cn1. The molecule has 0 fully saturated rings. The van der Waals surface area contributed by atoms with Gasteiger partial charge in [0.05, 0.1) is 6.20 Å². The van der Waals surface area contributed by atoms with Crippen LogP contribution in [-0.4, -0.2) is 14.9 Å². The first-order valence-electron chi connectivity index (χ1n) is 5.55. The van der Waals surface area contributed by atoms with Gasteiger partial charge in [-0.05, 0) is 31.5 Å². The zero-order chi connectivity index (χ0) is 12.5. The molecule has 1 unspecified atom stereocenters. The minimum atomic E-state index is -1.23. The molecule has 0 saturated carbocycles. The molecule has 2 rings (SSSR count). The average molecular weight is 234 g/mol. The highest BCUT2D eigenvalue weighted by atomic mass is 19.1. The predicted molar refractivity (Wildman–Crippen MR) is 63.0 cm³/mol. The van der Waals surface area contributed by atoms with Gasteiger partial charge in [-0.3, -0.25) is 4.68 Å². The molecule has 2 aromatic rings. The topological polar surface area (TPSA) is 38.0 Å². The maximum absolute atomic E-state index is 13.2. The average Bonchev–Trinajstić information content (AvgIpc) is 2.78. The molecule has 0 aliphatic heterocycles. The molecule has 1 atom stereocenters. The number of hydrogen-bond donors (Lipinski definition) is 1. The minimum Gasteiger partial charge on any atom is -0.381 e. The fraction of sp³-hybridized carbons (Fsp3) is 0.308. The zero-order valence-electron chi connectivity index (χ0n) is 9.89. The quantitative estimate of drug-likeness (QED) is 0.884. The lowest BCUT2D eigenvalue weighted by atomic mass is 9.90. The summed E-state index contributed by atoms with van der Waals surface area (Å²) >= 11 is 0. The van der Waals surface area contributed by atoms with Gasteiger partial charge in [-0.25, -0.2) is 4.39 Å². The number of benzene rings is 1. The van der Waals surface area contributed by atoms with Crippen molar-refractivity contribution >= 4 is 0 Å². The molecular weight excluding hydrogens is 219 g/mol. The smallest absolute Gasteiger partial charge is 0.123 e. The molecule has 0 bridgehead atoms. The largest absolute Gasteiger partial charge is 0.381 e. The monoisotopic (exact) mass is 234 g/mol. The van der Waals surface area contributed by atoms with Gasteiger partial charge >= 0.3 is 0 Å². The first-order valence-corrected chi connectivity index (χ1v) is 5.55. The van der Waals surface area contributed by atoms with E-state index < -0.39 is 5.60 Å². The van der Waals surface area contributed by atoms with E-state index in [0.29, 0.717) is 11.1 Å². The van der Waals surface area contributed by atoms with Crippen molar-refractivity contribution in [2.24, 2.45) is 0 Å². The summed E-state index contributed by atoms with van der Waals surface area (Å²) in [6.07, 6.45) is 3.37. The molecular formula is C13H15FN2O. The molecule has 0 saturated heterocycles. The summed E-state index contributed by atoms with van der Waals surface area (Å²) in [5, 5.41) is 14.6. The van der Waals surface area contributed by atoms with Gasteiger partial charge in [-0.2, -0.15) is 5.10 Å². The Morgan fingerprint density at radius 2 is 2.18 bits per heavy atom. The summed E-state index contributed by atoms with van der Waals surface area (Å²) in [6, 6.07) is 5.98. The molecule has 90 valence electrons. The van der Waals surface area contributed by atoms with Crippen molar-refractivity contribution in [3.63, 3.8) is 0 Å². The summed E-state index contributed by atoms with van der Waals surface area (Å²) in [5.41, 5.74) is -0.0479. The number of halogens is 1. The van der Waals surface area contributed by atoms with Crippen LogP contribution in [0.1, 0.15) is 25.0 Å². The van der Waals surface area contributed by atoms with Crippen LogP contribution in [-0.2, 0) is 12.1 Å². The van der Waals surface area contributed by atoms with E-state index >= 15 is 0 Å². The van der Waals surface area contributed by atoms with Crippen LogP contribution in [0.2, 0.25) is 0 Å². The van der Waals surface area contributed by atoms with Gasteiger partial charge in [0.15, 0.2) is 0 Å². The van der Waals surface area contributed by atoms with E-state index in [1.54, 1.807) is 36.1 Å². The Balaban J connectivity index is 2.41. The van der Waals surface area contributed by atoms with Crippen LogP contribution in [0, 0.1) is 5.82 Å². The Hall–Kier alpha value is -1.68. The van der Waals surface area contributed by atoms with Gasteiger partial charge in [0, 0.05) is 18.3 Å². The second-order valence-electron chi connectivity index (χ2n) is 4.17. The number of nitrogens with zero attached hydrogens (tertiary/aromatic N) is 2. The minimum absolute atomic E-state index is 0.356. The number of aliphatic hydroxyl groups is 1. The van der Waals surface area contributed by atoms with Crippen molar-refractivity contribution in [2.75, 3.05) is 0 Å². The summed E-state index contributed by atoms with van der Waals surface area (Å²) in [4.78, 5) is 0. The first kappa shape index (κ1) is 11.8. The van der Waals surface area contributed by atoms with Crippen LogP contribution in [0.3, 0.4) is 0 Å². The van der Waals surface area contributed by atoms with Crippen molar-refractivity contribution in [1.29, 1.82) is 0 Å². The molecule has 17 heavy (non-hydrogen) atoms. The van der Waals surface area contributed by atoms with Crippen molar-refractivity contribution in [3.8, 4) is 0 Å². The van der Waals surface area contributed by atoms with Crippen LogP contribution in [0.4, 0.5) is 4.39 Å². The molecule has 3 nitrogen and oxygen atoms in total. The normalized spacial score (nSPS) is 14.6. The second-order valence-corrected chi connectivity index (χ2v) is 4.17. The van der Waals surface area contributed by atoms with Crippen LogP contribution >= 0.6 is 0 Å². The van der Waals surface area contributed by atoms with Crippen molar-refractivity contribution in [2.45, 2.75) is 26.0 Å². The Labute approximate surface area is 99.5 Å². The first-order chi connectivity index (χ1) is 8.04. The molecule has 0 amide bonds. The highest BCUT2D eigenvalue weighted by Gasteiger charge is 2.27. The lowest BCUT2D eigenvalue weighted by molar-refractivity contribution is 0.102. The van der Waals surface area contributed by atoms with Gasteiger partial charge in [-0.1, -0.05) is 12.1 Å². The summed E-state index contributed by atoms with van der Waals surface area (Å²) < 4.78 is 14.9. The van der Waals surface area contributed by atoms with Crippen LogP contribution in [0.25, 0.3) is 0 Å². The summed E-state index contributed by atoms with van der Waals surface area (Å²) in [5.74, 6) is -0.356. The molecule has 4 heteroatoms. The van der Waals surface area contributed by atoms with Gasteiger partial charge in [0.2, 0.25) is 0 Å². The summed E-state index contributed by atoms with van der Waals surface area (Å²) in [7, 11) is 0. The third-order valence-corrected chi connectivity index (χ3v) is 2.91. The molecule has 0 spiro atoms. The van der Waals surface area contributed by atoms with E-state index in [1.807, 2.05) is 6.92 Å². The Morgan fingerprint density at radius 1 is 1.41 bits per heavy atom. The summed E-state index contributed by atoms with van der Waals surface area (Å²) in [6.45, 7) is 4.34. The molecule has 0 radical (unpaired) electrons. The maximum atomic E-state index is 13.2. The molecule has 1 aromatic heterocycles. The molecule has 1 heterocycles. The van der Waals surface area contributed by atoms with Crippen LogP contribution < -0.4 is 0 Å². The van der Waals surface area contributed by atoms with E-state index in [4.69, 9.17) is 0 Å². The van der Waals surface area contributed by atoms with Gasteiger partial charge in [0.25, 0.3) is 0 Å². The van der Waals surface area contributed by atoms with Crippen molar-refractivity contribution in [1.82, 2.24) is 9.78 Å². The number of aromatic nitrogens is 2. The molecule has 1 aromatic carbocycles. The van der Waals surface area contributed by atoms with Gasteiger partial charge in [-0.15, -0.1) is 0 Å². The zero-order valence-corrected chi connectivity index (χ0v) is 9.89. The standard InChI is InChI=1S/C13H15FN2O/c1-3-16-9-11(8-15-16)13(2,17)10-5-4-6-12(14)7-10/h4-9,17H,3H2,1-2H3. The van der Waals surface area contributed by atoms with Gasteiger partial charge < -0.3 is 5.11 Å². The Bertz CT molecular complexity index is 520. The number of rotatable bonds is 3. The highest BCUT2D eigenvalue weighted by Crippen LogP contribution is 2.28. The lowest BCUT2D eigenvalue weighted by Gasteiger charge is -2.22. The second kappa shape index (κ2) is 4.30. The van der Waals surface area contributed by atoms with E-state index in [1.165, 1.54) is 12.1 Å². The number of hydrogen-bond acceptors (Lipinski definition) is 2. The number of aryl methyl sites for hydroxylation is 1. The van der Waals surface area contributed by atoms with Crippen LogP contribution in [0.15, 0.2) is 36.7 Å². The Kier molecular flexibility index (Phi) is 2.98. The van der Waals surface area contributed by atoms with E-state index in [2.05, 4.69) is 5.10 Å². The maximum Gasteiger partial charge on any atom is 0.123 e. The van der Waals surface area contributed by atoms with Crippen molar-refractivity contribution < 1.29 is 9.50 Å². The highest BCUT2D eigenvalue weighted by molar-refractivity contribution is 5.32. The Morgan fingerprint density at radius 3 is 2.76 bits per heavy atom. The van der Waals surface area contributed by atoms with Crippen LogP contribution in [0.5, 0.6) is 0 Å². The lowest BCUT2D eigenvalue weighted by Crippen LogP contribution is -2.22.